The second-order valence-electron chi connectivity index (χ2n) is 4.85. The number of hydrogen-bond acceptors (Lipinski definition) is 5. The summed E-state index contributed by atoms with van der Waals surface area (Å²) in [5.41, 5.74) is 9.77. The summed E-state index contributed by atoms with van der Waals surface area (Å²) >= 11 is 0.975. The van der Waals surface area contributed by atoms with E-state index in [9.17, 15) is 18.0 Å². The molecule has 0 atom stereocenters. The first-order valence-corrected chi connectivity index (χ1v) is 7.79. The van der Waals surface area contributed by atoms with Gasteiger partial charge in [-0.25, -0.2) is 4.79 Å². The number of thioether (sulfide) groups is 1. The summed E-state index contributed by atoms with van der Waals surface area (Å²) in [5.74, 6) is 3.35. The summed E-state index contributed by atoms with van der Waals surface area (Å²) in [6, 6.07) is 12.2. The van der Waals surface area contributed by atoms with E-state index in [0.717, 1.165) is 17.3 Å². The van der Waals surface area contributed by atoms with Crippen LogP contribution in [0.2, 0.25) is 0 Å². The molecule has 147 valence electrons. The normalized spacial score (nSPS) is 11.9. The SMILES string of the molecule is N[N-]/C(C(=O)O)=C(\N)Sc1ccc(-c2ccc(OC(F)(F)F)cc2)cc1.[Ir]. The van der Waals surface area contributed by atoms with E-state index in [1.807, 2.05) is 0 Å². The zero-order valence-electron chi connectivity index (χ0n) is 13.4. The summed E-state index contributed by atoms with van der Waals surface area (Å²) in [4.78, 5) is 11.6. The number of alkyl halides is 3. The zero-order valence-corrected chi connectivity index (χ0v) is 16.6. The molecular weight excluding hydrogens is 563 g/mol. The molecule has 0 heterocycles. The quantitative estimate of drug-likeness (QED) is 0.209. The van der Waals surface area contributed by atoms with E-state index in [4.69, 9.17) is 16.7 Å². The number of aliphatic carboxylic acids is 1. The summed E-state index contributed by atoms with van der Waals surface area (Å²) < 4.78 is 40.3. The van der Waals surface area contributed by atoms with Gasteiger partial charge in [0.15, 0.2) is 0 Å². The van der Waals surface area contributed by atoms with Gasteiger partial charge in [0, 0.05) is 25.0 Å². The summed E-state index contributed by atoms with van der Waals surface area (Å²) in [6.45, 7) is 0. The molecule has 5 N–H and O–H groups in total. The van der Waals surface area contributed by atoms with Crippen molar-refractivity contribution < 1.29 is 47.9 Å². The van der Waals surface area contributed by atoms with Crippen LogP contribution in [0.15, 0.2) is 64.2 Å². The van der Waals surface area contributed by atoms with Crippen LogP contribution in [0.25, 0.3) is 16.6 Å². The third-order valence-corrected chi connectivity index (χ3v) is 3.99. The van der Waals surface area contributed by atoms with Crippen molar-refractivity contribution in [2.75, 3.05) is 0 Å². The van der Waals surface area contributed by atoms with Crippen molar-refractivity contribution in [3.8, 4) is 16.9 Å². The van der Waals surface area contributed by atoms with Gasteiger partial charge in [-0.1, -0.05) is 36.0 Å². The minimum atomic E-state index is -4.74. The average molecular weight is 577 g/mol. The number of nitrogens with two attached hydrogens (primary N) is 2. The van der Waals surface area contributed by atoms with Gasteiger partial charge in [-0.05, 0) is 41.1 Å². The number of benzene rings is 2. The molecule has 11 heteroatoms. The van der Waals surface area contributed by atoms with Crippen molar-refractivity contribution in [3.05, 3.63) is 64.7 Å². The van der Waals surface area contributed by atoms with Gasteiger partial charge in [-0.3, -0.25) is 0 Å². The first-order chi connectivity index (χ1) is 12.2. The Bertz CT molecular complexity index is 812. The van der Waals surface area contributed by atoms with E-state index in [0.29, 0.717) is 10.5 Å². The van der Waals surface area contributed by atoms with E-state index in [1.54, 1.807) is 24.3 Å². The van der Waals surface area contributed by atoms with E-state index < -0.39 is 18.0 Å². The number of halogens is 3. The molecule has 0 spiro atoms. The van der Waals surface area contributed by atoms with E-state index >= 15 is 0 Å². The maximum Gasteiger partial charge on any atom is 0.573 e. The fraction of sp³-hybridized carbons (Fsp3) is 0.0625. The monoisotopic (exact) mass is 577 g/mol. The number of rotatable bonds is 6. The van der Waals surface area contributed by atoms with Crippen LogP contribution in [0.1, 0.15) is 0 Å². The van der Waals surface area contributed by atoms with Crippen LogP contribution in [-0.4, -0.2) is 17.4 Å². The fourth-order valence-electron chi connectivity index (χ4n) is 1.96. The molecule has 0 aliphatic carbocycles. The first-order valence-electron chi connectivity index (χ1n) is 6.97. The fourth-order valence-corrected chi connectivity index (χ4v) is 2.73. The standard InChI is InChI=1S/C16H13F3N3O3S.Ir/c17-16(18,19)25-11-5-1-9(2-6-11)10-3-7-12(8-4-10)26-14(20)13(22-21)15(23)24;/h1-8H,20-21H2,(H,23,24);/q-1;/b14-13+;. The predicted molar refractivity (Wildman–Crippen MR) is 90.8 cm³/mol. The van der Waals surface area contributed by atoms with Gasteiger partial charge in [0.05, 0.1) is 5.03 Å². The maximum atomic E-state index is 12.2. The minimum Gasteiger partial charge on any atom is -0.617 e. The molecule has 6 nitrogen and oxygen atoms in total. The van der Waals surface area contributed by atoms with Gasteiger partial charge < -0.3 is 26.8 Å². The number of carbonyl (C=O) groups is 1. The Morgan fingerprint density at radius 1 is 1.04 bits per heavy atom. The third-order valence-electron chi connectivity index (χ3n) is 3.07. The molecule has 0 saturated heterocycles. The van der Waals surface area contributed by atoms with Crippen LogP contribution in [0.3, 0.4) is 0 Å². The van der Waals surface area contributed by atoms with Crippen LogP contribution in [0.4, 0.5) is 13.2 Å². The van der Waals surface area contributed by atoms with Crippen molar-refractivity contribution in [1.82, 2.24) is 0 Å². The molecule has 0 fully saturated rings. The number of hydrogen-bond donors (Lipinski definition) is 3. The molecule has 0 bridgehead atoms. The Morgan fingerprint density at radius 2 is 1.52 bits per heavy atom. The smallest absolute Gasteiger partial charge is 0.573 e. The third kappa shape index (κ3) is 6.79. The number of ether oxygens (including phenoxy) is 1. The van der Waals surface area contributed by atoms with Gasteiger partial charge >= 0.3 is 12.3 Å². The zero-order chi connectivity index (χ0) is 19.3. The summed E-state index contributed by atoms with van der Waals surface area (Å²) in [6.07, 6.45) is -4.74. The molecule has 0 unspecified atom stereocenters. The molecule has 2 rings (SSSR count). The number of carboxylic acids is 1. The predicted octanol–water partition coefficient (Wildman–Crippen LogP) is 3.80. The molecule has 0 amide bonds. The second kappa shape index (κ2) is 9.65. The Kier molecular flexibility index (Phi) is 8.17. The Balaban J connectivity index is 0.00000364. The molecule has 27 heavy (non-hydrogen) atoms. The number of carboxylic acid groups (broad SMARTS) is 1. The molecule has 2 aromatic carbocycles. The largest absolute Gasteiger partial charge is 0.617 e. The van der Waals surface area contributed by atoms with Gasteiger partial charge in [0.1, 0.15) is 5.75 Å². The van der Waals surface area contributed by atoms with Crippen LogP contribution in [0.5, 0.6) is 5.75 Å². The van der Waals surface area contributed by atoms with E-state index in [-0.39, 0.29) is 30.9 Å². The van der Waals surface area contributed by atoms with Gasteiger partial charge in [-0.2, -0.15) is 0 Å². The van der Waals surface area contributed by atoms with Gasteiger partial charge in [0.2, 0.25) is 0 Å². The number of nitrogens with zero attached hydrogens (tertiary/aromatic N) is 1. The first kappa shape index (κ1) is 22.8. The van der Waals surface area contributed by atoms with Crippen molar-refractivity contribution >= 4 is 17.7 Å². The van der Waals surface area contributed by atoms with Crippen molar-refractivity contribution in [2.45, 2.75) is 11.3 Å². The van der Waals surface area contributed by atoms with Crippen molar-refractivity contribution in [3.63, 3.8) is 0 Å². The van der Waals surface area contributed by atoms with Crippen molar-refractivity contribution in [1.29, 1.82) is 0 Å². The van der Waals surface area contributed by atoms with E-state index in [1.165, 1.54) is 24.3 Å². The maximum absolute atomic E-state index is 12.2. The van der Waals surface area contributed by atoms with Crippen LogP contribution < -0.4 is 16.3 Å². The average Bonchev–Trinajstić information content (AvgIpc) is 2.55. The van der Waals surface area contributed by atoms with Crippen molar-refractivity contribution in [2.24, 2.45) is 11.6 Å². The Hall–Kier alpha value is -2.20. The van der Waals surface area contributed by atoms with E-state index in [2.05, 4.69) is 10.2 Å². The van der Waals surface area contributed by atoms with Crippen LogP contribution in [-0.2, 0) is 24.9 Å². The Morgan fingerprint density at radius 3 is 1.93 bits per heavy atom. The molecular formula is C16H13F3IrN3O3S-. The molecule has 0 aliphatic rings. The Labute approximate surface area is 170 Å². The van der Waals surface area contributed by atoms with Crippen LogP contribution in [0, 0.1) is 0 Å². The summed E-state index contributed by atoms with van der Waals surface area (Å²) in [7, 11) is 0. The topological polar surface area (TPSA) is 113 Å². The molecule has 2 aromatic rings. The summed E-state index contributed by atoms with van der Waals surface area (Å²) in [5, 5.41) is 8.83. The molecule has 1 radical (unpaired) electrons. The minimum absolute atomic E-state index is 0. The van der Waals surface area contributed by atoms with Gasteiger partial charge in [-0.15, -0.1) is 13.2 Å². The van der Waals surface area contributed by atoms with Gasteiger partial charge in [0.25, 0.3) is 0 Å². The van der Waals surface area contributed by atoms with Crippen LogP contribution >= 0.6 is 11.8 Å². The molecule has 0 saturated carbocycles. The molecule has 0 aromatic heterocycles. The molecule has 0 aliphatic heterocycles. The second-order valence-corrected chi connectivity index (χ2v) is 5.96.